The van der Waals surface area contributed by atoms with Gasteiger partial charge in [0.2, 0.25) is 0 Å². The molecule has 0 radical (unpaired) electrons. The first-order valence-electron chi connectivity index (χ1n) is 7.41. The molecular formula is C18H28O8. The molecule has 0 spiro atoms. The molecule has 1 aromatic carbocycles. The van der Waals surface area contributed by atoms with Crippen molar-refractivity contribution < 1.29 is 39.1 Å². The van der Waals surface area contributed by atoms with Crippen molar-refractivity contribution in [2.24, 2.45) is 5.92 Å². The third-order valence-corrected chi connectivity index (χ3v) is 4.07. The Hall–Kier alpha value is -2.00. The maximum Gasteiger partial charge on any atom is 0.339 e. The number of aliphatic hydroxyl groups excluding tert-OH is 2. The number of carboxylic acids is 1. The minimum absolute atomic E-state index is 0. The lowest BCUT2D eigenvalue weighted by molar-refractivity contribution is -0.279. The molecule has 8 heteroatoms. The van der Waals surface area contributed by atoms with E-state index in [4.69, 9.17) is 19.3 Å². The zero-order valence-electron chi connectivity index (χ0n) is 13.3. The van der Waals surface area contributed by atoms with E-state index >= 15 is 0 Å². The Bertz CT molecular complexity index is 601. The number of hydrogen-bond donors (Lipinski definition) is 3. The molecule has 8 nitrogen and oxygen atoms in total. The Morgan fingerprint density at radius 1 is 1.19 bits per heavy atom. The SMILES string of the molecule is C.C.COC1OC(CO)C(C)C(O)C1OC(=O)c1ccccc1C(=O)O. The van der Waals surface area contributed by atoms with Crippen molar-refractivity contribution in [3.05, 3.63) is 35.4 Å². The van der Waals surface area contributed by atoms with Gasteiger partial charge in [0.25, 0.3) is 0 Å². The van der Waals surface area contributed by atoms with E-state index in [2.05, 4.69) is 0 Å². The Labute approximate surface area is 153 Å². The smallest absolute Gasteiger partial charge is 0.339 e. The Kier molecular flexibility index (Phi) is 9.44. The van der Waals surface area contributed by atoms with Crippen LogP contribution >= 0.6 is 0 Å². The molecule has 1 heterocycles. The van der Waals surface area contributed by atoms with E-state index in [1.807, 2.05) is 0 Å². The van der Waals surface area contributed by atoms with Gasteiger partial charge in [-0.05, 0) is 12.1 Å². The van der Waals surface area contributed by atoms with Crippen LogP contribution in [0.5, 0.6) is 0 Å². The number of carboxylic acid groups (broad SMARTS) is 1. The molecule has 5 unspecified atom stereocenters. The van der Waals surface area contributed by atoms with E-state index in [1.54, 1.807) is 6.92 Å². The van der Waals surface area contributed by atoms with Gasteiger partial charge in [-0.15, -0.1) is 0 Å². The van der Waals surface area contributed by atoms with Crippen LogP contribution in [0.4, 0.5) is 0 Å². The van der Waals surface area contributed by atoms with Gasteiger partial charge in [-0.1, -0.05) is 33.9 Å². The number of carbonyl (C=O) groups excluding carboxylic acids is 1. The monoisotopic (exact) mass is 372 g/mol. The van der Waals surface area contributed by atoms with Gasteiger partial charge in [-0.25, -0.2) is 9.59 Å². The van der Waals surface area contributed by atoms with Gasteiger partial charge in [-0.2, -0.15) is 0 Å². The van der Waals surface area contributed by atoms with Crippen LogP contribution in [0.3, 0.4) is 0 Å². The van der Waals surface area contributed by atoms with E-state index < -0.39 is 42.5 Å². The predicted molar refractivity (Wildman–Crippen MR) is 94.0 cm³/mol. The maximum atomic E-state index is 12.3. The van der Waals surface area contributed by atoms with Crippen LogP contribution in [0.15, 0.2) is 24.3 Å². The van der Waals surface area contributed by atoms with Crippen molar-refractivity contribution in [1.82, 2.24) is 0 Å². The van der Waals surface area contributed by atoms with E-state index in [9.17, 15) is 19.8 Å². The van der Waals surface area contributed by atoms with Gasteiger partial charge in [0.05, 0.1) is 23.8 Å². The van der Waals surface area contributed by atoms with Crippen LogP contribution in [-0.4, -0.2) is 65.6 Å². The van der Waals surface area contributed by atoms with Gasteiger partial charge in [-0.3, -0.25) is 0 Å². The third-order valence-electron chi connectivity index (χ3n) is 4.07. The number of aromatic carboxylic acids is 1. The fourth-order valence-electron chi connectivity index (χ4n) is 2.61. The number of esters is 1. The van der Waals surface area contributed by atoms with Crippen LogP contribution in [0.2, 0.25) is 0 Å². The summed E-state index contributed by atoms with van der Waals surface area (Å²) < 4.78 is 15.8. The summed E-state index contributed by atoms with van der Waals surface area (Å²) >= 11 is 0. The number of benzene rings is 1. The minimum atomic E-state index is -1.26. The number of ether oxygens (including phenoxy) is 3. The molecule has 1 saturated heterocycles. The molecule has 0 amide bonds. The van der Waals surface area contributed by atoms with Crippen LogP contribution < -0.4 is 0 Å². The number of methoxy groups -OCH3 is 1. The predicted octanol–water partition coefficient (Wildman–Crippen LogP) is 1.54. The lowest BCUT2D eigenvalue weighted by Crippen LogP contribution is -2.56. The highest BCUT2D eigenvalue weighted by atomic mass is 16.7. The van der Waals surface area contributed by atoms with Crippen LogP contribution in [0, 0.1) is 5.92 Å². The van der Waals surface area contributed by atoms with Crippen molar-refractivity contribution in [3.8, 4) is 0 Å². The fourth-order valence-corrected chi connectivity index (χ4v) is 2.61. The minimum Gasteiger partial charge on any atom is -0.478 e. The molecule has 0 aliphatic carbocycles. The quantitative estimate of drug-likeness (QED) is 0.665. The summed E-state index contributed by atoms with van der Waals surface area (Å²) in [7, 11) is 1.31. The first kappa shape index (κ1) is 24.0. The fraction of sp³-hybridized carbons (Fsp3) is 0.556. The summed E-state index contributed by atoms with van der Waals surface area (Å²) in [6, 6.07) is 5.61. The maximum absolute atomic E-state index is 12.3. The zero-order chi connectivity index (χ0) is 17.9. The van der Waals surface area contributed by atoms with Crippen LogP contribution in [0.1, 0.15) is 42.5 Å². The molecule has 0 saturated carbocycles. The molecule has 5 atom stereocenters. The molecule has 1 aliphatic rings. The summed E-state index contributed by atoms with van der Waals surface area (Å²) in [5, 5.41) is 28.8. The van der Waals surface area contributed by atoms with E-state index in [0.29, 0.717) is 0 Å². The Morgan fingerprint density at radius 3 is 2.27 bits per heavy atom. The molecule has 26 heavy (non-hydrogen) atoms. The van der Waals surface area contributed by atoms with Gasteiger partial charge in [0.1, 0.15) is 6.10 Å². The molecule has 3 N–H and O–H groups in total. The van der Waals surface area contributed by atoms with E-state index in [-0.39, 0.29) is 32.6 Å². The average Bonchev–Trinajstić information content (AvgIpc) is 2.59. The second-order valence-corrected chi connectivity index (χ2v) is 5.53. The molecule has 1 aromatic rings. The molecule has 1 fully saturated rings. The van der Waals surface area contributed by atoms with Crippen molar-refractivity contribution in [2.45, 2.75) is 46.4 Å². The van der Waals surface area contributed by atoms with Gasteiger partial charge >= 0.3 is 11.9 Å². The highest BCUT2D eigenvalue weighted by Gasteiger charge is 2.45. The van der Waals surface area contributed by atoms with E-state index in [0.717, 1.165) is 0 Å². The lowest BCUT2D eigenvalue weighted by Gasteiger charge is -2.41. The highest BCUT2D eigenvalue weighted by molar-refractivity contribution is 6.02. The first-order valence-corrected chi connectivity index (χ1v) is 7.41. The topological polar surface area (TPSA) is 123 Å². The molecule has 0 aromatic heterocycles. The summed E-state index contributed by atoms with van der Waals surface area (Å²) in [5.74, 6) is -2.67. The number of carbonyl (C=O) groups is 2. The van der Waals surface area contributed by atoms with Crippen molar-refractivity contribution in [1.29, 1.82) is 0 Å². The number of aliphatic hydroxyl groups is 2. The van der Waals surface area contributed by atoms with Gasteiger partial charge < -0.3 is 29.5 Å². The first-order chi connectivity index (χ1) is 11.4. The van der Waals surface area contributed by atoms with Crippen molar-refractivity contribution in [3.63, 3.8) is 0 Å². The Morgan fingerprint density at radius 2 is 1.77 bits per heavy atom. The second kappa shape index (κ2) is 10.2. The Balaban J connectivity index is 0.00000312. The summed E-state index contributed by atoms with van der Waals surface area (Å²) in [5.41, 5.74) is -0.340. The van der Waals surface area contributed by atoms with Gasteiger partial charge in [0, 0.05) is 13.0 Å². The average molecular weight is 372 g/mol. The second-order valence-electron chi connectivity index (χ2n) is 5.53. The summed E-state index contributed by atoms with van der Waals surface area (Å²) in [6.45, 7) is 1.32. The molecule has 2 rings (SSSR count). The normalized spacial score (nSPS) is 27.6. The van der Waals surface area contributed by atoms with Crippen molar-refractivity contribution >= 4 is 11.9 Å². The van der Waals surface area contributed by atoms with E-state index in [1.165, 1.54) is 31.4 Å². The molecule has 148 valence electrons. The molecule has 0 bridgehead atoms. The molecular weight excluding hydrogens is 344 g/mol. The van der Waals surface area contributed by atoms with Crippen molar-refractivity contribution in [2.75, 3.05) is 13.7 Å². The number of hydrogen-bond acceptors (Lipinski definition) is 7. The standard InChI is InChI=1S/C16H20O8.2CH4/c1-8-11(7-17)23-16(22-2)13(12(8)18)24-15(21)10-6-4-3-5-9(10)14(19)20;;/h3-6,8,11-13,16-18H,7H2,1-2H3,(H,19,20);2*1H4. The summed E-state index contributed by atoms with van der Waals surface area (Å²) in [6.07, 6.45) is -4.02. The van der Waals surface area contributed by atoms with Gasteiger partial charge in [0.15, 0.2) is 12.4 Å². The summed E-state index contributed by atoms with van der Waals surface area (Å²) in [4.78, 5) is 23.5. The number of rotatable bonds is 5. The zero-order valence-corrected chi connectivity index (χ0v) is 13.3. The van der Waals surface area contributed by atoms with Crippen LogP contribution in [-0.2, 0) is 14.2 Å². The van der Waals surface area contributed by atoms with Crippen LogP contribution in [0.25, 0.3) is 0 Å². The highest BCUT2D eigenvalue weighted by Crippen LogP contribution is 2.29. The lowest BCUT2D eigenvalue weighted by atomic mass is 9.91. The largest absolute Gasteiger partial charge is 0.478 e. The molecule has 1 aliphatic heterocycles. The third kappa shape index (κ3) is 4.79.